The minimum Gasteiger partial charge on any atom is -0.285 e. The summed E-state index contributed by atoms with van der Waals surface area (Å²) in [5, 5.41) is 0. The molecule has 0 aliphatic carbocycles. The molecule has 0 saturated carbocycles. The number of phosphoric ester groups is 1. The molecule has 1 saturated heterocycles. The first kappa shape index (κ1) is 36.1. The summed E-state index contributed by atoms with van der Waals surface area (Å²) in [5.74, 6) is -4.57. The lowest BCUT2D eigenvalue weighted by molar-refractivity contribution is -0.356. The molecular weight excluding hydrogens is 631 g/mol. The van der Waals surface area contributed by atoms with E-state index in [0.29, 0.717) is 0 Å². The highest BCUT2D eigenvalue weighted by Gasteiger charge is 2.75. The zero-order chi connectivity index (χ0) is 30.8. The minimum absolute atomic E-state index is 0.115. The predicted octanol–water partition coefficient (Wildman–Crippen LogP) is 5.92. The Bertz CT molecular complexity index is 886. The topological polar surface area (TPSA) is 90.9 Å². The van der Waals surface area contributed by atoms with E-state index in [0.717, 1.165) is 0 Å². The first-order chi connectivity index (χ1) is 17.2. The van der Waals surface area contributed by atoms with Crippen LogP contribution in [0.5, 0.6) is 0 Å². The summed E-state index contributed by atoms with van der Waals surface area (Å²) in [6.07, 6.45) is -36.6. The number of nitrogens with one attached hydrogen (secondary N) is 1. The molecule has 1 aliphatic rings. The Morgan fingerprint density at radius 2 is 1.13 bits per heavy atom. The van der Waals surface area contributed by atoms with E-state index >= 15 is 0 Å². The highest BCUT2D eigenvalue weighted by Crippen LogP contribution is 2.55. The number of rotatable bonds is 13. The predicted molar refractivity (Wildman–Crippen MR) is 101 cm³/mol. The Kier molecular flexibility index (Phi) is 11.2. The quantitative estimate of drug-likeness (QED) is 0.151. The molecule has 0 aromatic carbocycles. The SMILES string of the molecule is O=P1(OCCNS(=O)(=O)CCCC(CC(F)(C(F)(F)F)C(F)(F)F)CC(F)(C(F)(F)F)C(F)(F)F)OCCO1. The largest absolute Gasteiger partial charge is 0.474 e. The summed E-state index contributed by atoms with van der Waals surface area (Å²) in [6, 6.07) is 0. The van der Waals surface area contributed by atoms with E-state index in [9.17, 15) is 74.4 Å². The van der Waals surface area contributed by atoms with Gasteiger partial charge in [-0.3, -0.25) is 13.6 Å². The smallest absolute Gasteiger partial charge is 0.285 e. The zero-order valence-electron chi connectivity index (χ0n) is 19.0. The molecule has 1 aliphatic heterocycles. The molecule has 0 spiro atoms. The highest BCUT2D eigenvalue weighted by molar-refractivity contribution is 7.89. The van der Waals surface area contributed by atoms with Gasteiger partial charge in [-0.2, -0.15) is 52.7 Å². The molecule has 0 radical (unpaired) electrons. The molecular formula is C16H20F14NO6PS. The molecule has 1 heterocycles. The van der Waals surface area contributed by atoms with Gasteiger partial charge in [0.25, 0.3) is 11.3 Å². The zero-order valence-corrected chi connectivity index (χ0v) is 20.7. The van der Waals surface area contributed by atoms with E-state index in [4.69, 9.17) is 0 Å². The Hall–Kier alpha value is -0.960. The summed E-state index contributed by atoms with van der Waals surface area (Å²) in [5.41, 5.74) is -12.7. The van der Waals surface area contributed by atoms with Crippen LogP contribution in [-0.4, -0.2) is 76.6 Å². The second-order valence-corrected chi connectivity index (χ2v) is 11.8. The van der Waals surface area contributed by atoms with Gasteiger partial charge in [0.05, 0.1) is 25.6 Å². The van der Waals surface area contributed by atoms with Crippen LogP contribution in [0.2, 0.25) is 0 Å². The highest BCUT2D eigenvalue weighted by atomic mass is 32.2. The number of halogens is 14. The van der Waals surface area contributed by atoms with Crippen molar-refractivity contribution in [3.8, 4) is 0 Å². The van der Waals surface area contributed by atoms with Crippen LogP contribution < -0.4 is 4.72 Å². The van der Waals surface area contributed by atoms with Gasteiger partial charge >= 0.3 is 32.5 Å². The molecule has 0 aromatic heterocycles. The molecule has 0 atom stereocenters. The summed E-state index contributed by atoms with van der Waals surface area (Å²) < 4.78 is 234. The van der Waals surface area contributed by atoms with Crippen LogP contribution in [0.1, 0.15) is 25.7 Å². The fraction of sp³-hybridized carbons (Fsp3) is 1.00. The molecule has 1 rings (SSSR count). The molecule has 7 nitrogen and oxygen atoms in total. The van der Waals surface area contributed by atoms with E-state index in [1.165, 1.54) is 0 Å². The Balaban J connectivity index is 3.06. The van der Waals surface area contributed by atoms with Crippen LogP contribution in [0.25, 0.3) is 0 Å². The maximum atomic E-state index is 14.1. The van der Waals surface area contributed by atoms with Gasteiger partial charge in [-0.05, 0) is 18.8 Å². The maximum absolute atomic E-state index is 14.1. The number of sulfonamides is 1. The standard InChI is InChI=1S/C16H20F14NO6PS/c17-11(13(19,20)21,14(22,23)24)8-10(9-12(18,15(25,26)27)16(28,29)30)2-1-7-39(33,34)31-3-4-35-38(32)36-5-6-37-38/h10,31H,1-9H2. The average molecular weight is 651 g/mol. The van der Waals surface area contributed by atoms with Crippen molar-refractivity contribution < 1.29 is 88.0 Å². The molecule has 0 bridgehead atoms. The molecule has 0 amide bonds. The number of phosphoric acid groups is 1. The van der Waals surface area contributed by atoms with Crippen molar-refractivity contribution in [3.05, 3.63) is 0 Å². The Morgan fingerprint density at radius 1 is 0.744 bits per heavy atom. The van der Waals surface area contributed by atoms with Gasteiger partial charge in [0, 0.05) is 19.4 Å². The third-order valence-electron chi connectivity index (χ3n) is 5.22. The molecule has 23 heteroatoms. The molecule has 234 valence electrons. The van der Waals surface area contributed by atoms with E-state index in [2.05, 4.69) is 13.6 Å². The van der Waals surface area contributed by atoms with Crippen molar-refractivity contribution in [1.82, 2.24) is 4.72 Å². The van der Waals surface area contributed by atoms with Gasteiger partial charge in [-0.25, -0.2) is 26.5 Å². The Labute approximate surface area is 211 Å². The number of alkyl halides is 14. The summed E-state index contributed by atoms with van der Waals surface area (Å²) in [4.78, 5) is 0. The van der Waals surface area contributed by atoms with Gasteiger partial charge in [0.15, 0.2) is 0 Å². The fourth-order valence-corrected chi connectivity index (χ4v) is 5.48. The summed E-state index contributed by atoms with van der Waals surface area (Å²) >= 11 is 0. The van der Waals surface area contributed by atoms with Crippen LogP contribution >= 0.6 is 7.82 Å². The lowest BCUT2D eigenvalue weighted by Crippen LogP contribution is -2.57. The minimum atomic E-state index is -6.89. The van der Waals surface area contributed by atoms with Crippen molar-refractivity contribution in [3.63, 3.8) is 0 Å². The fourth-order valence-electron chi connectivity index (χ4n) is 3.25. The van der Waals surface area contributed by atoms with Crippen molar-refractivity contribution in [2.45, 2.75) is 61.7 Å². The Morgan fingerprint density at radius 3 is 1.49 bits per heavy atom. The van der Waals surface area contributed by atoms with E-state index in [-0.39, 0.29) is 13.2 Å². The van der Waals surface area contributed by atoms with Crippen LogP contribution in [-0.2, 0) is 28.2 Å². The van der Waals surface area contributed by atoms with Crippen molar-refractivity contribution in [2.24, 2.45) is 5.92 Å². The van der Waals surface area contributed by atoms with Crippen LogP contribution in [0.4, 0.5) is 61.5 Å². The number of hydrogen-bond donors (Lipinski definition) is 1. The van der Waals surface area contributed by atoms with Crippen LogP contribution in [0.15, 0.2) is 0 Å². The first-order valence-corrected chi connectivity index (χ1v) is 13.5. The van der Waals surface area contributed by atoms with Crippen molar-refractivity contribution in [2.75, 3.05) is 32.1 Å². The normalized spacial score (nSPS) is 18.2. The van der Waals surface area contributed by atoms with Gasteiger partial charge in [0.1, 0.15) is 0 Å². The second-order valence-electron chi connectivity index (χ2n) is 8.17. The average Bonchev–Trinajstić information content (AvgIpc) is 3.14. The van der Waals surface area contributed by atoms with Crippen molar-refractivity contribution in [1.29, 1.82) is 0 Å². The molecule has 1 N–H and O–H groups in total. The number of hydrogen-bond acceptors (Lipinski definition) is 6. The van der Waals surface area contributed by atoms with E-state index in [1.807, 2.05) is 0 Å². The maximum Gasteiger partial charge on any atom is 0.474 e. The van der Waals surface area contributed by atoms with E-state index in [1.54, 1.807) is 4.72 Å². The van der Waals surface area contributed by atoms with Crippen LogP contribution in [0, 0.1) is 5.92 Å². The lowest BCUT2D eigenvalue weighted by atomic mass is 9.80. The van der Waals surface area contributed by atoms with Gasteiger partial charge in [0.2, 0.25) is 10.0 Å². The monoisotopic (exact) mass is 651 g/mol. The van der Waals surface area contributed by atoms with Gasteiger partial charge in [-0.1, -0.05) is 0 Å². The lowest BCUT2D eigenvalue weighted by Gasteiger charge is -2.37. The summed E-state index contributed by atoms with van der Waals surface area (Å²) in [7, 11) is -8.53. The summed E-state index contributed by atoms with van der Waals surface area (Å²) in [6.45, 7) is -1.58. The molecule has 0 unspecified atom stereocenters. The molecule has 39 heavy (non-hydrogen) atoms. The first-order valence-electron chi connectivity index (χ1n) is 10.4. The van der Waals surface area contributed by atoms with Crippen LogP contribution in [0.3, 0.4) is 0 Å². The molecule has 1 fully saturated rings. The van der Waals surface area contributed by atoms with Crippen molar-refractivity contribution >= 4 is 17.8 Å². The van der Waals surface area contributed by atoms with Gasteiger partial charge in [-0.15, -0.1) is 0 Å². The third-order valence-corrected chi connectivity index (χ3v) is 8.18. The van der Waals surface area contributed by atoms with Gasteiger partial charge < -0.3 is 0 Å². The van der Waals surface area contributed by atoms with E-state index < -0.39 is 104 Å². The molecule has 0 aromatic rings. The third kappa shape index (κ3) is 9.27. The second kappa shape index (κ2) is 12.1.